The topological polar surface area (TPSA) is 65.8 Å². The number of carbonyl (C=O) groups excluding carboxylic acids is 1. The number of aromatic nitrogens is 1. The van der Waals surface area contributed by atoms with Crippen LogP contribution in [-0.2, 0) is 0 Å². The molecule has 1 N–H and O–H groups in total. The Bertz CT molecular complexity index is 616. The molecule has 0 aliphatic carbocycles. The molecule has 90 valence electrons. The molecule has 4 heteroatoms. The summed E-state index contributed by atoms with van der Waals surface area (Å²) in [6.07, 6.45) is 0. The van der Waals surface area contributed by atoms with E-state index in [9.17, 15) is 4.79 Å². The van der Waals surface area contributed by atoms with Crippen LogP contribution >= 0.6 is 0 Å². The maximum Gasteiger partial charge on any atom is 0.269 e. The van der Waals surface area contributed by atoms with Crippen molar-refractivity contribution < 1.29 is 4.79 Å². The van der Waals surface area contributed by atoms with E-state index < -0.39 is 0 Å². The van der Waals surface area contributed by atoms with Gasteiger partial charge in [-0.25, -0.2) is 4.98 Å². The molecule has 0 fully saturated rings. The van der Waals surface area contributed by atoms with Crippen LogP contribution in [0.4, 0.5) is 0 Å². The molecule has 0 aliphatic heterocycles. The number of nitrogens with zero attached hydrogens (tertiary/aromatic N) is 2. The predicted molar refractivity (Wildman–Crippen MR) is 68.9 cm³/mol. The number of fused-ring (bicyclic) bond motifs is 1. The molecule has 0 aliphatic rings. The van der Waals surface area contributed by atoms with E-state index in [2.05, 4.69) is 16.4 Å². The first-order chi connectivity index (χ1) is 8.70. The number of pyridine rings is 1. The summed E-state index contributed by atoms with van der Waals surface area (Å²) in [7, 11) is 0. The molecule has 1 aromatic carbocycles. The summed E-state index contributed by atoms with van der Waals surface area (Å²) in [5.74, 6) is -0.447. The second-order valence-corrected chi connectivity index (χ2v) is 4.13. The van der Waals surface area contributed by atoms with Gasteiger partial charge >= 0.3 is 0 Å². The minimum absolute atomic E-state index is 0.200. The normalized spacial score (nSPS) is 11.8. The van der Waals surface area contributed by atoms with Crippen LogP contribution in [0.25, 0.3) is 10.9 Å². The highest BCUT2D eigenvalue weighted by atomic mass is 16.1. The summed E-state index contributed by atoms with van der Waals surface area (Å²) < 4.78 is 0. The van der Waals surface area contributed by atoms with Crippen molar-refractivity contribution in [3.8, 4) is 6.07 Å². The Hall–Kier alpha value is -2.41. The zero-order chi connectivity index (χ0) is 13.0. The van der Waals surface area contributed by atoms with Gasteiger partial charge in [-0.15, -0.1) is 0 Å². The summed E-state index contributed by atoms with van der Waals surface area (Å²) in [5, 5.41) is 12.3. The molecule has 0 bridgehead atoms. The average molecular weight is 239 g/mol. The van der Waals surface area contributed by atoms with Crippen molar-refractivity contribution in [2.24, 2.45) is 5.92 Å². The fourth-order valence-corrected chi connectivity index (χ4v) is 1.57. The lowest BCUT2D eigenvalue weighted by Crippen LogP contribution is -2.28. The van der Waals surface area contributed by atoms with E-state index in [1.54, 1.807) is 13.0 Å². The van der Waals surface area contributed by atoms with Gasteiger partial charge in [0.2, 0.25) is 0 Å². The number of nitrogens with one attached hydrogen (secondary N) is 1. The average Bonchev–Trinajstić information content (AvgIpc) is 2.43. The fraction of sp³-hybridized carbons (Fsp3) is 0.214. The Morgan fingerprint density at radius 3 is 2.94 bits per heavy atom. The number of amides is 1. The van der Waals surface area contributed by atoms with Crippen molar-refractivity contribution in [1.82, 2.24) is 10.3 Å². The second kappa shape index (κ2) is 5.28. The number of hydrogen-bond acceptors (Lipinski definition) is 3. The standard InChI is InChI=1S/C14H13N3O/c1-10(8-15)9-16-14(18)13-7-6-11-4-2-3-5-12(11)17-13/h2-7,10H,9H2,1H3,(H,16,18). The Morgan fingerprint density at radius 2 is 2.17 bits per heavy atom. The molecule has 1 unspecified atom stereocenters. The molecule has 0 saturated heterocycles. The van der Waals surface area contributed by atoms with Crippen LogP contribution in [0.5, 0.6) is 0 Å². The Labute approximate surface area is 105 Å². The van der Waals surface area contributed by atoms with E-state index >= 15 is 0 Å². The number of benzene rings is 1. The molecule has 0 saturated carbocycles. The number of nitriles is 1. The van der Waals surface area contributed by atoms with Crippen LogP contribution in [0, 0.1) is 17.2 Å². The van der Waals surface area contributed by atoms with E-state index in [0.29, 0.717) is 12.2 Å². The van der Waals surface area contributed by atoms with Gasteiger partial charge < -0.3 is 5.32 Å². The zero-order valence-electron chi connectivity index (χ0n) is 10.1. The van der Waals surface area contributed by atoms with Crippen molar-refractivity contribution in [2.75, 3.05) is 6.54 Å². The van der Waals surface area contributed by atoms with E-state index in [0.717, 1.165) is 10.9 Å². The number of carbonyl (C=O) groups is 1. The van der Waals surface area contributed by atoms with Crippen molar-refractivity contribution >= 4 is 16.8 Å². The van der Waals surface area contributed by atoms with E-state index in [1.165, 1.54) is 0 Å². The van der Waals surface area contributed by atoms with Crippen LogP contribution in [-0.4, -0.2) is 17.4 Å². The zero-order valence-corrected chi connectivity index (χ0v) is 10.1. The van der Waals surface area contributed by atoms with Gasteiger partial charge in [0.05, 0.1) is 17.5 Å². The molecule has 1 aromatic heterocycles. The SMILES string of the molecule is CC(C#N)CNC(=O)c1ccc2ccccc2n1. The molecule has 0 radical (unpaired) electrons. The largest absolute Gasteiger partial charge is 0.349 e. The van der Waals surface area contributed by atoms with Crippen LogP contribution in [0.15, 0.2) is 36.4 Å². The molecule has 0 spiro atoms. The van der Waals surface area contributed by atoms with Gasteiger partial charge in [-0.3, -0.25) is 4.79 Å². The van der Waals surface area contributed by atoms with Crippen LogP contribution in [0.3, 0.4) is 0 Å². The third kappa shape index (κ3) is 2.64. The molecule has 4 nitrogen and oxygen atoms in total. The number of rotatable bonds is 3. The first-order valence-electron chi connectivity index (χ1n) is 5.74. The monoisotopic (exact) mass is 239 g/mol. The minimum atomic E-state index is -0.247. The Morgan fingerprint density at radius 1 is 1.39 bits per heavy atom. The molecule has 1 atom stereocenters. The van der Waals surface area contributed by atoms with Gasteiger partial charge in [0.1, 0.15) is 5.69 Å². The van der Waals surface area contributed by atoms with Gasteiger partial charge in [-0.2, -0.15) is 5.26 Å². The second-order valence-electron chi connectivity index (χ2n) is 4.13. The quantitative estimate of drug-likeness (QED) is 0.892. The lowest BCUT2D eigenvalue weighted by Gasteiger charge is -2.06. The summed E-state index contributed by atoms with van der Waals surface area (Å²) in [6, 6.07) is 13.2. The van der Waals surface area contributed by atoms with Crippen molar-refractivity contribution in [2.45, 2.75) is 6.92 Å². The summed E-state index contributed by atoms with van der Waals surface area (Å²) in [4.78, 5) is 16.1. The smallest absolute Gasteiger partial charge is 0.269 e. The first-order valence-corrected chi connectivity index (χ1v) is 5.74. The highest BCUT2D eigenvalue weighted by Gasteiger charge is 2.09. The van der Waals surface area contributed by atoms with E-state index in [4.69, 9.17) is 5.26 Å². The molecule has 1 amide bonds. The highest BCUT2D eigenvalue weighted by Crippen LogP contribution is 2.11. The van der Waals surface area contributed by atoms with E-state index in [-0.39, 0.29) is 11.8 Å². The molecule has 2 aromatic rings. The number of hydrogen-bond donors (Lipinski definition) is 1. The summed E-state index contributed by atoms with van der Waals surface area (Å²) in [5.41, 5.74) is 1.16. The third-order valence-corrected chi connectivity index (χ3v) is 2.62. The maximum absolute atomic E-state index is 11.8. The van der Waals surface area contributed by atoms with Crippen molar-refractivity contribution in [3.05, 3.63) is 42.1 Å². The van der Waals surface area contributed by atoms with Gasteiger partial charge in [0, 0.05) is 11.9 Å². The Kier molecular flexibility index (Phi) is 3.54. The number of para-hydroxylation sites is 1. The van der Waals surface area contributed by atoms with Gasteiger partial charge in [0.15, 0.2) is 0 Å². The molecule has 18 heavy (non-hydrogen) atoms. The molecule has 1 heterocycles. The third-order valence-electron chi connectivity index (χ3n) is 2.62. The van der Waals surface area contributed by atoms with Gasteiger partial charge in [-0.05, 0) is 19.1 Å². The van der Waals surface area contributed by atoms with Crippen LogP contribution in [0.1, 0.15) is 17.4 Å². The lowest BCUT2D eigenvalue weighted by molar-refractivity contribution is 0.0946. The first kappa shape index (κ1) is 12.1. The summed E-state index contributed by atoms with van der Waals surface area (Å²) in [6.45, 7) is 2.10. The molecule has 2 rings (SSSR count). The van der Waals surface area contributed by atoms with Crippen LogP contribution < -0.4 is 5.32 Å². The van der Waals surface area contributed by atoms with Crippen molar-refractivity contribution in [1.29, 1.82) is 5.26 Å². The molecular formula is C14H13N3O. The highest BCUT2D eigenvalue weighted by molar-refractivity contribution is 5.94. The molecular weight excluding hydrogens is 226 g/mol. The fourth-order valence-electron chi connectivity index (χ4n) is 1.57. The predicted octanol–water partition coefficient (Wildman–Crippen LogP) is 2.12. The summed E-state index contributed by atoms with van der Waals surface area (Å²) >= 11 is 0. The lowest BCUT2D eigenvalue weighted by atomic mass is 10.2. The van der Waals surface area contributed by atoms with Gasteiger partial charge in [-0.1, -0.05) is 24.3 Å². The Balaban J connectivity index is 2.16. The van der Waals surface area contributed by atoms with Crippen LogP contribution in [0.2, 0.25) is 0 Å². The van der Waals surface area contributed by atoms with E-state index in [1.807, 2.05) is 30.3 Å². The van der Waals surface area contributed by atoms with Crippen molar-refractivity contribution in [3.63, 3.8) is 0 Å². The van der Waals surface area contributed by atoms with Gasteiger partial charge in [0.25, 0.3) is 5.91 Å². The minimum Gasteiger partial charge on any atom is -0.349 e. The maximum atomic E-state index is 11.8.